The maximum atomic E-state index is 13.1. The normalized spacial score (nSPS) is 11.9. The number of aromatic nitrogens is 1. The van der Waals surface area contributed by atoms with Crippen LogP contribution in [0.15, 0.2) is 79.0 Å². The van der Waals surface area contributed by atoms with Crippen molar-refractivity contribution in [3.05, 3.63) is 95.8 Å². The van der Waals surface area contributed by atoms with Crippen LogP contribution < -0.4 is 0 Å². The zero-order valence-electron chi connectivity index (χ0n) is 16.0. The summed E-state index contributed by atoms with van der Waals surface area (Å²) >= 11 is 6.50. The second kappa shape index (κ2) is 10.1. The lowest BCUT2D eigenvalue weighted by atomic mass is 10.1. The minimum absolute atomic E-state index is 0.114. The third-order valence-corrected chi connectivity index (χ3v) is 5.10. The van der Waals surface area contributed by atoms with Gasteiger partial charge < -0.3 is 14.2 Å². The largest absolute Gasteiger partial charge is 0.383 e. The van der Waals surface area contributed by atoms with E-state index in [0.29, 0.717) is 19.7 Å². The number of nitrogens with zero attached hydrogens (tertiary/aromatic N) is 2. The SMILES string of the molecule is COCCN(Cc1cccn1Cc1ccccc1)C(=O)C(Cl)c1ccccc1. The predicted molar refractivity (Wildman–Crippen MR) is 112 cm³/mol. The van der Waals surface area contributed by atoms with Gasteiger partial charge in [0, 0.05) is 32.1 Å². The molecular weight excluding hydrogens is 372 g/mol. The molecule has 146 valence electrons. The highest BCUT2D eigenvalue weighted by Crippen LogP contribution is 2.24. The van der Waals surface area contributed by atoms with E-state index >= 15 is 0 Å². The average molecular weight is 397 g/mol. The van der Waals surface area contributed by atoms with Gasteiger partial charge in [0.2, 0.25) is 5.91 Å². The Kier molecular flexibility index (Phi) is 7.29. The summed E-state index contributed by atoms with van der Waals surface area (Å²) in [7, 11) is 1.64. The molecule has 1 heterocycles. The first-order chi connectivity index (χ1) is 13.7. The molecule has 0 bridgehead atoms. The topological polar surface area (TPSA) is 34.5 Å². The van der Waals surface area contributed by atoms with Crippen LogP contribution in [0.1, 0.15) is 22.2 Å². The van der Waals surface area contributed by atoms with Crippen molar-refractivity contribution in [1.82, 2.24) is 9.47 Å². The fourth-order valence-electron chi connectivity index (χ4n) is 3.12. The van der Waals surface area contributed by atoms with Crippen molar-refractivity contribution in [3.63, 3.8) is 0 Å². The molecular formula is C23H25ClN2O2. The molecule has 4 nitrogen and oxygen atoms in total. The lowest BCUT2D eigenvalue weighted by Gasteiger charge is -2.25. The van der Waals surface area contributed by atoms with Gasteiger partial charge in [-0.1, -0.05) is 60.7 Å². The van der Waals surface area contributed by atoms with Gasteiger partial charge >= 0.3 is 0 Å². The first-order valence-corrected chi connectivity index (χ1v) is 9.77. The van der Waals surface area contributed by atoms with Gasteiger partial charge in [-0.3, -0.25) is 4.79 Å². The van der Waals surface area contributed by atoms with E-state index < -0.39 is 5.38 Å². The van der Waals surface area contributed by atoms with Crippen LogP contribution in [0.4, 0.5) is 0 Å². The van der Waals surface area contributed by atoms with Gasteiger partial charge in [-0.25, -0.2) is 0 Å². The zero-order chi connectivity index (χ0) is 19.8. The molecule has 0 N–H and O–H groups in total. The third kappa shape index (κ3) is 5.24. The molecule has 2 aromatic carbocycles. The van der Waals surface area contributed by atoms with Crippen molar-refractivity contribution in [2.45, 2.75) is 18.5 Å². The third-order valence-electron chi connectivity index (χ3n) is 4.66. The van der Waals surface area contributed by atoms with Crippen molar-refractivity contribution < 1.29 is 9.53 Å². The van der Waals surface area contributed by atoms with Crippen LogP contribution in [0, 0.1) is 0 Å². The second-order valence-electron chi connectivity index (χ2n) is 6.64. The van der Waals surface area contributed by atoms with Gasteiger partial charge in [0.15, 0.2) is 0 Å². The van der Waals surface area contributed by atoms with Gasteiger partial charge in [-0.15, -0.1) is 11.6 Å². The summed E-state index contributed by atoms with van der Waals surface area (Å²) in [6.07, 6.45) is 2.04. The monoisotopic (exact) mass is 396 g/mol. The molecule has 28 heavy (non-hydrogen) atoms. The standard InChI is InChI=1S/C23H25ClN2O2/c1-28-16-15-26(23(27)22(24)20-11-6-3-7-12-20)18-21-13-8-14-25(21)17-19-9-4-2-5-10-19/h2-14,22H,15-18H2,1H3. The van der Waals surface area contributed by atoms with E-state index in [4.69, 9.17) is 16.3 Å². The number of alkyl halides is 1. The number of benzene rings is 2. The van der Waals surface area contributed by atoms with E-state index in [1.807, 2.05) is 66.9 Å². The van der Waals surface area contributed by atoms with Crippen LogP contribution in [0.3, 0.4) is 0 Å². The molecule has 0 aliphatic rings. The Hall–Kier alpha value is -2.56. The molecule has 0 aliphatic carbocycles. The van der Waals surface area contributed by atoms with Crippen LogP contribution in [0.2, 0.25) is 0 Å². The minimum atomic E-state index is -0.712. The second-order valence-corrected chi connectivity index (χ2v) is 7.08. The first-order valence-electron chi connectivity index (χ1n) is 9.33. The number of hydrogen-bond acceptors (Lipinski definition) is 2. The maximum absolute atomic E-state index is 13.1. The summed E-state index contributed by atoms with van der Waals surface area (Å²) in [6, 6.07) is 23.8. The smallest absolute Gasteiger partial charge is 0.245 e. The molecule has 0 fully saturated rings. The summed E-state index contributed by atoms with van der Waals surface area (Å²) in [5.41, 5.74) is 3.08. The molecule has 0 spiro atoms. The summed E-state index contributed by atoms with van der Waals surface area (Å²) in [4.78, 5) is 14.8. The Bertz CT molecular complexity index is 865. The number of ether oxygens (including phenoxy) is 1. The van der Waals surface area contributed by atoms with Crippen LogP contribution in [0.5, 0.6) is 0 Å². The Balaban J connectivity index is 1.76. The Morgan fingerprint density at radius 1 is 1.04 bits per heavy atom. The van der Waals surface area contributed by atoms with Crippen molar-refractivity contribution >= 4 is 17.5 Å². The number of carbonyl (C=O) groups is 1. The number of rotatable bonds is 9. The van der Waals surface area contributed by atoms with Crippen LogP contribution in [-0.4, -0.2) is 35.6 Å². The number of halogens is 1. The fourth-order valence-corrected chi connectivity index (χ4v) is 3.40. The van der Waals surface area contributed by atoms with Crippen molar-refractivity contribution in [1.29, 1.82) is 0 Å². The van der Waals surface area contributed by atoms with Crippen LogP contribution in [-0.2, 0) is 22.6 Å². The number of amides is 1. The zero-order valence-corrected chi connectivity index (χ0v) is 16.8. The highest BCUT2D eigenvalue weighted by atomic mass is 35.5. The quantitative estimate of drug-likeness (QED) is 0.499. The number of hydrogen-bond donors (Lipinski definition) is 0. The molecule has 0 saturated heterocycles. The number of methoxy groups -OCH3 is 1. The van der Waals surface area contributed by atoms with Crippen molar-refractivity contribution in [2.24, 2.45) is 0 Å². The molecule has 5 heteroatoms. The molecule has 1 amide bonds. The highest BCUT2D eigenvalue weighted by molar-refractivity contribution is 6.30. The van der Waals surface area contributed by atoms with E-state index in [-0.39, 0.29) is 5.91 Å². The van der Waals surface area contributed by atoms with E-state index in [1.54, 1.807) is 12.0 Å². The van der Waals surface area contributed by atoms with Gasteiger partial charge in [0.1, 0.15) is 5.38 Å². The van der Waals surface area contributed by atoms with E-state index in [0.717, 1.165) is 17.8 Å². The van der Waals surface area contributed by atoms with Crippen molar-refractivity contribution in [2.75, 3.05) is 20.3 Å². The average Bonchev–Trinajstić information content (AvgIpc) is 3.18. The maximum Gasteiger partial charge on any atom is 0.245 e. The summed E-state index contributed by atoms with van der Waals surface area (Å²) in [5, 5.41) is -0.712. The molecule has 0 aliphatic heterocycles. The van der Waals surface area contributed by atoms with Crippen LogP contribution >= 0.6 is 11.6 Å². The van der Waals surface area contributed by atoms with Gasteiger partial charge in [0.25, 0.3) is 0 Å². The Morgan fingerprint density at radius 3 is 2.39 bits per heavy atom. The Labute approximate surface area is 171 Å². The lowest BCUT2D eigenvalue weighted by Crippen LogP contribution is -2.36. The summed E-state index contributed by atoms with van der Waals surface area (Å²) in [6.45, 7) is 2.20. The van der Waals surface area contributed by atoms with Crippen LogP contribution in [0.25, 0.3) is 0 Å². The van der Waals surface area contributed by atoms with Gasteiger partial charge in [-0.2, -0.15) is 0 Å². The predicted octanol–water partition coefficient (Wildman–Crippen LogP) is 4.49. The molecule has 3 rings (SSSR count). The fraction of sp³-hybridized carbons (Fsp3) is 0.261. The van der Waals surface area contributed by atoms with Crippen molar-refractivity contribution in [3.8, 4) is 0 Å². The number of carbonyl (C=O) groups excluding carboxylic acids is 1. The molecule has 0 radical (unpaired) electrons. The molecule has 1 unspecified atom stereocenters. The Morgan fingerprint density at radius 2 is 1.71 bits per heavy atom. The molecule has 3 aromatic rings. The molecule has 1 aromatic heterocycles. The lowest BCUT2D eigenvalue weighted by molar-refractivity contribution is -0.132. The van der Waals surface area contributed by atoms with Gasteiger partial charge in [0.05, 0.1) is 13.2 Å². The summed E-state index contributed by atoms with van der Waals surface area (Å²) < 4.78 is 7.37. The van der Waals surface area contributed by atoms with E-state index in [1.165, 1.54) is 5.56 Å². The molecule has 0 saturated carbocycles. The first kappa shape index (κ1) is 20.2. The molecule has 1 atom stereocenters. The highest BCUT2D eigenvalue weighted by Gasteiger charge is 2.24. The van der Waals surface area contributed by atoms with Gasteiger partial charge in [-0.05, 0) is 23.3 Å². The van der Waals surface area contributed by atoms with E-state index in [9.17, 15) is 4.79 Å². The minimum Gasteiger partial charge on any atom is -0.383 e. The van der Waals surface area contributed by atoms with E-state index in [2.05, 4.69) is 16.7 Å². The summed E-state index contributed by atoms with van der Waals surface area (Å²) in [5.74, 6) is -0.114.